The minimum absolute atomic E-state index is 0.104. The summed E-state index contributed by atoms with van der Waals surface area (Å²) in [5.74, 6) is -1.09. The number of carboxylic acid groups (broad SMARTS) is 1. The molecule has 0 saturated heterocycles. The van der Waals surface area contributed by atoms with Crippen LogP contribution in [0.1, 0.15) is 18.4 Å². The molecular formula is C16H17N3O3. The van der Waals surface area contributed by atoms with Gasteiger partial charge in [-0.15, -0.1) is 0 Å². The first-order chi connectivity index (χ1) is 10.6. The van der Waals surface area contributed by atoms with Gasteiger partial charge < -0.3 is 10.0 Å². The molecule has 1 aromatic heterocycles. The van der Waals surface area contributed by atoms with Gasteiger partial charge in [0.25, 0.3) is 0 Å². The topological polar surface area (TPSA) is 75.4 Å². The molecule has 2 aromatic rings. The Labute approximate surface area is 128 Å². The van der Waals surface area contributed by atoms with Gasteiger partial charge in [-0.05, 0) is 36.6 Å². The molecule has 1 saturated carbocycles. The first-order valence-corrected chi connectivity index (χ1v) is 7.24. The van der Waals surface area contributed by atoms with E-state index < -0.39 is 5.97 Å². The second-order valence-corrected chi connectivity index (χ2v) is 5.44. The van der Waals surface area contributed by atoms with E-state index in [1.807, 2.05) is 36.5 Å². The van der Waals surface area contributed by atoms with Crippen LogP contribution in [0.2, 0.25) is 0 Å². The predicted octanol–water partition coefficient (Wildman–Crippen LogP) is 1.49. The molecule has 1 amide bonds. The molecular weight excluding hydrogens is 282 g/mol. The monoisotopic (exact) mass is 299 g/mol. The highest BCUT2D eigenvalue weighted by molar-refractivity contribution is 5.83. The molecule has 1 N–H and O–H groups in total. The van der Waals surface area contributed by atoms with Gasteiger partial charge in [0, 0.05) is 18.4 Å². The summed E-state index contributed by atoms with van der Waals surface area (Å²) in [5.41, 5.74) is 1.79. The number of aromatic nitrogens is 2. The molecule has 6 nitrogen and oxygen atoms in total. The van der Waals surface area contributed by atoms with Gasteiger partial charge in [0.2, 0.25) is 5.91 Å². The highest BCUT2D eigenvalue weighted by Gasteiger charge is 2.33. The van der Waals surface area contributed by atoms with Gasteiger partial charge in [-0.1, -0.05) is 12.1 Å². The first kappa shape index (κ1) is 14.3. The van der Waals surface area contributed by atoms with Crippen LogP contribution in [-0.2, 0) is 16.0 Å². The van der Waals surface area contributed by atoms with Crippen molar-refractivity contribution in [1.29, 1.82) is 0 Å². The average molecular weight is 299 g/mol. The largest absolute Gasteiger partial charge is 0.480 e. The van der Waals surface area contributed by atoms with Gasteiger partial charge in [0.1, 0.15) is 6.54 Å². The molecule has 1 aliphatic carbocycles. The fraction of sp³-hybridized carbons (Fsp3) is 0.312. The van der Waals surface area contributed by atoms with E-state index in [0.29, 0.717) is 0 Å². The maximum Gasteiger partial charge on any atom is 0.323 e. The summed E-state index contributed by atoms with van der Waals surface area (Å²) in [6.45, 7) is -0.213. The molecule has 22 heavy (non-hydrogen) atoms. The maximum absolute atomic E-state index is 12.3. The van der Waals surface area contributed by atoms with Crippen molar-refractivity contribution in [3.63, 3.8) is 0 Å². The van der Waals surface area contributed by atoms with Crippen LogP contribution in [0.25, 0.3) is 5.69 Å². The van der Waals surface area contributed by atoms with Crippen LogP contribution in [0.5, 0.6) is 0 Å². The standard InChI is InChI=1S/C16H17N3O3/c20-15(18(11-16(21)22)13-6-7-13)10-12-2-4-14(5-3-12)19-9-1-8-17-19/h1-5,8-9,13H,6-7,10-11H2,(H,21,22). The zero-order valence-electron chi connectivity index (χ0n) is 12.1. The summed E-state index contributed by atoms with van der Waals surface area (Å²) in [5, 5.41) is 13.1. The second-order valence-electron chi connectivity index (χ2n) is 5.44. The van der Waals surface area contributed by atoms with Crippen molar-refractivity contribution >= 4 is 11.9 Å². The average Bonchev–Trinajstić information content (AvgIpc) is 3.19. The molecule has 0 radical (unpaired) electrons. The van der Waals surface area contributed by atoms with Gasteiger partial charge in [0.05, 0.1) is 12.1 Å². The number of amides is 1. The Morgan fingerprint density at radius 3 is 2.55 bits per heavy atom. The van der Waals surface area contributed by atoms with Gasteiger partial charge >= 0.3 is 5.97 Å². The fourth-order valence-corrected chi connectivity index (χ4v) is 2.42. The highest BCUT2D eigenvalue weighted by Crippen LogP contribution is 2.27. The van der Waals surface area contributed by atoms with Crippen LogP contribution in [-0.4, -0.2) is 44.3 Å². The van der Waals surface area contributed by atoms with E-state index in [1.165, 1.54) is 4.90 Å². The molecule has 1 fully saturated rings. The van der Waals surface area contributed by atoms with Gasteiger partial charge in [-0.2, -0.15) is 5.10 Å². The summed E-state index contributed by atoms with van der Waals surface area (Å²) in [6.07, 6.45) is 5.58. The third-order valence-electron chi connectivity index (χ3n) is 3.67. The predicted molar refractivity (Wildman–Crippen MR) is 79.6 cm³/mol. The minimum atomic E-state index is -0.964. The van der Waals surface area contributed by atoms with Crippen molar-refractivity contribution in [2.45, 2.75) is 25.3 Å². The summed E-state index contributed by atoms with van der Waals surface area (Å²) in [7, 11) is 0. The number of carbonyl (C=O) groups excluding carboxylic acids is 1. The molecule has 1 heterocycles. The summed E-state index contributed by atoms with van der Waals surface area (Å²) in [6, 6.07) is 9.49. The molecule has 1 aromatic carbocycles. The third kappa shape index (κ3) is 3.33. The van der Waals surface area contributed by atoms with E-state index >= 15 is 0 Å². The van der Waals surface area contributed by atoms with Crippen LogP contribution < -0.4 is 0 Å². The number of hydrogen-bond donors (Lipinski definition) is 1. The maximum atomic E-state index is 12.3. The Bertz CT molecular complexity index is 660. The lowest BCUT2D eigenvalue weighted by molar-refractivity contribution is -0.144. The zero-order valence-corrected chi connectivity index (χ0v) is 12.1. The minimum Gasteiger partial charge on any atom is -0.480 e. The van der Waals surface area contributed by atoms with Crippen molar-refractivity contribution in [2.24, 2.45) is 0 Å². The van der Waals surface area contributed by atoms with Crippen molar-refractivity contribution in [3.05, 3.63) is 48.3 Å². The van der Waals surface area contributed by atoms with E-state index in [-0.39, 0.29) is 24.9 Å². The van der Waals surface area contributed by atoms with Crippen molar-refractivity contribution in [1.82, 2.24) is 14.7 Å². The quantitative estimate of drug-likeness (QED) is 0.877. The first-order valence-electron chi connectivity index (χ1n) is 7.24. The molecule has 0 bridgehead atoms. The van der Waals surface area contributed by atoms with Crippen LogP contribution in [0, 0.1) is 0 Å². The summed E-state index contributed by atoms with van der Waals surface area (Å²) in [4.78, 5) is 24.6. The summed E-state index contributed by atoms with van der Waals surface area (Å²) < 4.78 is 1.74. The smallest absolute Gasteiger partial charge is 0.323 e. The van der Waals surface area contributed by atoms with Gasteiger partial charge in [-0.25, -0.2) is 4.68 Å². The van der Waals surface area contributed by atoms with Crippen LogP contribution in [0.3, 0.4) is 0 Å². The zero-order chi connectivity index (χ0) is 15.5. The molecule has 6 heteroatoms. The molecule has 0 atom stereocenters. The third-order valence-corrected chi connectivity index (χ3v) is 3.67. The van der Waals surface area contributed by atoms with Crippen molar-refractivity contribution in [3.8, 4) is 5.69 Å². The molecule has 0 unspecified atom stereocenters. The van der Waals surface area contributed by atoms with Crippen molar-refractivity contribution in [2.75, 3.05) is 6.54 Å². The fourth-order valence-electron chi connectivity index (χ4n) is 2.42. The molecule has 3 rings (SSSR count). The number of aliphatic carboxylic acids is 1. The number of hydrogen-bond acceptors (Lipinski definition) is 3. The Morgan fingerprint density at radius 2 is 2.00 bits per heavy atom. The Morgan fingerprint density at radius 1 is 1.27 bits per heavy atom. The SMILES string of the molecule is O=C(O)CN(C(=O)Cc1ccc(-n2cccn2)cc1)C1CC1. The lowest BCUT2D eigenvalue weighted by atomic mass is 10.1. The molecule has 1 aliphatic rings. The number of benzene rings is 1. The highest BCUT2D eigenvalue weighted by atomic mass is 16.4. The molecule has 0 aliphatic heterocycles. The number of carboxylic acids is 1. The lowest BCUT2D eigenvalue weighted by Crippen LogP contribution is -2.38. The Balaban J connectivity index is 1.67. The number of carbonyl (C=O) groups is 2. The van der Waals surface area contributed by atoms with Crippen molar-refractivity contribution < 1.29 is 14.7 Å². The normalized spacial score (nSPS) is 13.8. The van der Waals surface area contributed by atoms with Crippen LogP contribution in [0.4, 0.5) is 0 Å². The van der Waals surface area contributed by atoms with E-state index in [1.54, 1.807) is 10.9 Å². The summed E-state index contributed by atoms with van der Waals surface area (Å²) >= 11 is 0. The van der Waals surface area contributed by atoms with Gasteiger partial charge in [-0.3, -0.25) is 9.59 Å². The Hall–Kier alpha value is -2.63. The van der Waals surface area contributed by atoms with E-state index in [2.05, 4.69) is 5.10 Å². The lowest BCUT2D eigenvalue weighted by Gasteiger charge is -2.20. The van der Waals surface area contributed by atoms with Crippen LogP contribution >= 0.6 is 0 Å². The van der Waals surface area contributed by atoms with E-state index in [9.17, 15) is 9.59 Å². The van der Waals surface area contributed by atoms with E-state index in [0.717, 1.165) is 24.1 Å². The number of rotatable bonds is 6. The van der Waals surface area contributed by atoms with Crippen LogP contribution in [0.15, 0.2) is 42.7 Å². The van der Waals surface area contributed by atoms with Gasteiger partial charge in [0.15, 0.2) is 0 Å². The number of nitrogens with zero attached hydrogens (tertiary/aromatic N) is 3. The Kier molecular flexibility index (Phi) is 3.91. The molecule has 0 spiro atoms. The molecule has 114 valence electrons. The van der Waals surface area contributed by atoms with E-state index in [4.69, 9.17) is 5.11 Å². The second kappa shape index (κ2) is 6.01.